The first-order valence-corrected chi connectivity index (χ1v) is 11.2. The number of amides is 1. The molecule has 1 heterocycles. The van der Waals surface area contributed by atoms with Gasteiger partial charge in [-0.25, -0.2) is 9.79 Å². The molecule has 33 heavy (non-hydrogen) atoms. The van der Waals surface area contributed by atoms with Crippen molar-refractivity contribution in [1.82, 2.24) is 9.13 Å². The van der Waals surface area contributed by atoms with Crippen molar-refractivity contribution in [3.8, 4) is 5.88 Å². The number of hydrogen-bond acceptors (Lipinski definition) is 6. The number of nitrogens with one attached hydrogen (secondary N) is 1. The highest BCUT2D eigenvalue weighted by atomic mass is 32.2. The van der Waals surface area contributed by atoms with Gasteiger partial charge in [0.2, 0.25) is 11.8 Å². The fourth-order valence-corrected chi connectivity index (χ4v) is 3.98. The molecule has 8 nitrogen and oxygen atoms in total. The third-order valence-corrected chi connectivity index (χ3v) is 6.19. The molecule has 9 heteroatoms. The second-order valence-corrected chi connectivity index (χ2v) is 8.76. The third-order valence-electron chi connectivity index (χ3n) is 5.21. The van der Waals surface area contributed by atoms with Gasteiger partial charge in [0.05, 0.1) is 11.4 Å². The zero-order valence-electron chi connectivity index (χ0n) is 19.2. The van der Waals surface area contributed by atoms with Crippen molar-refractivity contribution >= 4 is 34.1 Å². The van der Waals surface area contributed by atoms with Gasteiger partial charge in [0, 0.05) is 19.8 Å². The van der Waals surface area contributed by atoms with E-state index in [4.69, 9.17) is 0 Å². The first-order valence-electron chi connectivity index (χ1n) is 10.2. The van der Waals surface area contributed by atoms with E-state index in [0.29, 0.717) is 11.4 Å². The molecule has 0 fully saturated rings. The topological polar surface area (TPSA) is 106 Å². The number of benzene rings is 2. The van der Waals surface area contributed by atoms with Crippen LogP contribution in [0.25, 0.3) is 0 Å². The van der Waals surface area contributed by atoms with Gasteiger partial charge in [-0.1, -0.05) is 30.0 Å². The van der Waals surface area contributed by atoms with Crippen molar-refractivity contribution in [2.75, 3.05) is 11.1 Å². The predicted octanol–water partition coefficient (Wildman–Crippen LogP) is 3.17. The van der Waals surface area contributed by atoms with Gasteiger partial charge in [-0.15, -0.1) is 0 Å². The van der Waals surface area contributed by atoms with Crippen LogP contribution in [0, 0.1) is 20.8 Å². The summed E-state index contributed by atoms with van der Waals surface area (Å²) >= 11 is 1.01. The minimum absolute atomic E-state index is 0.0526. The number of aryl methyl sites for hydroxylation is 3. The smallest absolute Gasteiger partial charge is 0.333 e. The Morgan fingerprint density at radius 1 is 1.03 bits per heavy atom. The van der Waals surface area contributed by atoms with E-state index in [9.17, 15) is 19.5 Å². The van der Waals surface area contributed by atoms with Gasteiger partial charge < -0.3 is 10.4 Å². The molecule has 1 aromatic heterocycles. The molecule has 0 radical (unpaired) electrons. The van der Waals surface area contributed by atoms with Crippen molar-refractivity contribution in [2.45, 2.75) is 20.8 Å². The lowest BCUT2D eigenvalue weighted by atomic mass is 10.1. The van der Waals surface area contributed by atoms with Crippen LogP contribution in [0.1, 0.15) is 22.3 Å². The van der Waals surface area contributed by atoms with Crippen LogP contribution in [-0.2, 0) is 18.9 Å². The zero-order chi connectivity index (χ0) is 24.3. The summed E-state index contributed by atoms with van der Waals surface area (Å²) < 4.78 is 1.87. The summed E-state index contributed by atoms with van der Waals surface area (Å²) in [4.78, 5) is 42.2. The van der Waals surface area contributed by atoms with Gasteiger partial charge in [0.1, 0.15) is 10.6 Å². The van der Waals surface area contributed by atoms with Crippen molar-refractivity contribution in [1.29, 1.82) is 0 Å². The molecule has 3 rings (SSSR count). The highest BCUT2D eigenvalue weighted by Gasteiger charge is 2.22. The van der Waals surface area contributed by atoms with E-state index in [0.717, 1.165) is 37.6 Å². The lowest BCUT2D eigenvalue weighted by molar-refractivity contribution is -0.113. The number of carbonyl (C=O) groups excluding carboxylic acids is 1. The van der Waals surface area contributed by atoms with Gasteiger partial charge in [-0.2, -0.15) is 0 Å². The van der Waals surface area contributed by atoms with Crippen LogP contribution in [0.5, 0.6) is 5.88 Å². The fourth-order valence-electron chi connectivity index (χ4n) is 3.15. The van der Waals surface area contributed by atoms with Crippen LogP contribution in [-0.4, -0.2) is 30.9 Å². The lowest BCUT2D eigenvalue weighted by Gasteiger charge is -2.13. The number of hydrogen-bond donors (Lipinski definition) is 2. The zero-order valence-corrected chi connectivity index (χ0v) is 20.0. The van der Waals surface area contributed by atoms with Crippen LogP contribution in [0.2, 0.25) is 0 Å². The van der Waals surface area contributed by atoms with E-state index in [2.05, 4.69) is 10.3 Å². The fraction of sp³-hybridized carbons (Fsp3) is 0.250. The SMILES string of the molecule is Cc1cccc(N=C(SCC(=O)Nc2ccc(C)c(C)c2)c2c(O)n(C)c(=O)n(C)c2=O)c1. The van der Waals surface area contributed by atoms with E-state index in [1.54, 1.807) is 6.07 Å². The van der Waals surface area contributed by atoms with E-state index in [-0.39, 0.29) is 22.3 Å². The average molecular weight is 467 g/mol. The number of aromatic hydroxyl groups is 1. The molecule has 0 unspecified atom stereocenters. The summed E-state index contributed by atoms with van der Waals surface area (Å²) in [6.45, 7) is 5.86. The number of rotatable bonds is 5. The van der Waals surface area contributed by atoms with Gasteiger partial charge >= 0.3 is 5.69 Å². The van der Waals surface area contributed by atoms with Crippen molar-refractivity contribution in [2.24, 2.45) is 19.1 Å². The van der Waals surface area contributed by atoms with Gasteiger partial charge in [-0.3, -0.25) is 18.7 Å². The van der Waals surface area contributed by atoms with Crippen molar-refractivity contribution in [3.05, 3.63) is 85.6 Å². The molecule has 2 N–H and O–H groups in total. The first-order chi connectivity index (χ1) is 15.6. The van der Waals surface area contributed by atoms with Crippen LogP contribution in [0.3, 0.4) is 0 Å². The van der Waals surface area contributed by atoms with Gasteiger partial charge in [0.15, 0.2) is 0 Å². The van der Waals surface area contributed by atoms with Gasteiger partial charge in [-0.05, 0) is 61.7 Å². The van der Waals surface area contributed by atoms with E-state index in [1.807, 2.05) is 57.2 Å². The van der Waals surface area contributed by atoms with Crippen LogP contribution in [0.4, 0.5) is 11.4 Å². The summed E-state index contributed by atoms with van der Waals surface area (Å²) in [7, 11) is 2.69. The summed E-state index contributed by atoms with van der Waals surface area (Å²) in [6, 6.07) is 12.9. The molecule has 3 aromatic rings. The molecule has 0 aliphatic carbocycles. The molecule has 0 aliphatic rings. The van der Waals surface area contributed by atoms with E-state index < -0.39 is 17.1 Å². The number of aromatic nitrogens is 2. The number of thioether (sulfide) groups is 1. The average Bonchev–Trinajstić information content (AvgIpc) is 2.77. The first kappa shape index (κ1) is 24.1. The number of nitrogens with zero attached hydrogens (tertiary/aromatic N) is 3. The summed E-state index contributed by atoms with van der Waals surface area (Å²) in [5.41, 5.74) is 2.88. The number of anilines is 1. The third kappa shape index (κ3) is 5.43. The second kappa shape index (κ2) is 9.91. The molecule has 0 saturated carbocycles. The largest absolute Gasteiger partial charge is 0.494 e. The quantitative estimate of drug-likeness (QED) is 0.444. The lowest BCUT2D eigenvalue weighted by Crippen LogP contribution is -2.39. The molecule has 0 aliphatic heterocycles. The molecule has 0 spiro atoms. The molecular weight excluding hydrogens is 440 g/mol. The summed E-state index contributed by atoms with van der Waals surface area (Å²) in [5.74, 6) is -0.846. The maximum Gasteiger partial charge on any atom is 0.333 e. The maximum atomic E-state index is 12.9. The Kier molecular flexibility index (Phi) is 7.23. The van der Waals surface area contributed by atoms with Crippen molar-refractivity contribution < 1.29 is 9.90 Å². The van der Waals surface area contributed by atoms with E-state index in [1.165, 1.54) is 14.1 Å². The Labute approximate surface area is 195 Å². The number of carbonyl (C=O) groups is 1. The number of aliphatic imine (C=N–C) groups is 1. The van der Waals surface area contributed by atoms with Gasteiger partial charge in [0.25, 0.3) is 5.56 Å². The molecule has 172 valence electrons. The normalized spacial score (nSPS) is 11.5. The van der Waals surface area contributed by atoms with Crippen LogP contribution >= 0.6 is 11.8 Å². The monoisotopic (exact) mass is 466 g/mol. The summed E-state index contributed by atoms with van der Waals surface area (Å²) in [6.07, 6.45) is 0. The minimum atomic E-state index is -0.691. The molecule has 0 saturated heterocycles. The Morgan fingerprint density at radius 2 is 1.76 bits per heavy atom. The Balaban J connectivity index is 1.97. The Hall–Kier alpha value is -3.59. The van der Waals surface area contributed by atoms with Crippen LogP contribution in [0.15, 0.2) is 57.0 Å². The highest BCUT2D eigenvalue weighted by molar-refractivity contribution is 8.15. The summed E-state index contributed by atoms with van der Waals surface area (Å²) in [5, 5.41) is 13.6. The second-order valence-electron chi connectivity index (χ2n) is 7.80. The highest BCUT2D eigenvalue weighted by Crippen LogP contribution is 2.24. The minimum Gasteiger partial charge on any atom is -0.494 e. The molecular formula is C24H26N4O4S. The van der Waals surface area contributed by atoms with E-state index >= 15 is 0 Å². The predicted molar refractivity (Wildman–Crippen MR) is 133 cm³/mol. The van der Waals surface area contributed by atoms with Crippen LogP contribution < -0.4 is 16.6 Å². The standard InChI is InChI=1S/C24H26N4O4S/c1-14-7-6-8-17(11-14)26-21(20-22(30)27(4)24(32)28(5)23(20)31)33-13-19(29)25-18-10-9-15(2)16(3)12-18/h6-12,30H,13H2,1-5H3,(H,25,29). The Bertz CT molecular complexity index is 1370. The molecule has 0 bridgehead atoms. The van der Waals surface area contributed by atoms with Crippen molar-refractivity contribution in [3.63, 3.8) is 0 Å². The Morgan fingerprint density at radius 3 is 2.42 bits per heavy atom. The maximum absolute atomic E-state index is 12.9. The molecule has 0 atom stereocenters. The molecule has 1 amide bonds. The molecule has 2 aromatic carbocycles.